The lowest BCUT2D eigenvalue weighted by Gasteiger charge is -2.36. The summed E-state index contributed by atoms with van der Waals surface area (Å²) in [4.78, 5) is 21.6. The lowest BCUT2D eigenvalue weighted by molar-refractivity contribution is 0.0962. The number of hydrogen-bond acceptors (Lipinski definition) is 6. The molecule has 0 unspecified atom stereocenters. The molecular formula is C20H23Cl2N5OS. The number of aromatic nitrogens is 3. The van der Waals surface area contributed by atoms with Gasteiger partial charge < -0.3 is 4.90 Å². The van der Waals surface area contributed by atoms with Gasteiger partial charge in [0, 0.05) is 61.4 Å². The van der Waals surface area contributed by atoms with Gasteiger partial charge in [0.15, 0.2) is 5.78 Å². The molecule has 0 radical (unpaired) electrons. The molecule has 1 saturated heterocycles. The van der Waals surface area contributed by atoms with Crippen LogP contribution in [0.2, 0.25) is 5.02 Å². The predicted octanol–water partition coefficient (Wildman–Crippen LogP) is 4.11. The molecule has 1 aliphatic heterocycles. The van der Waals surface area contributed by atoms with E-state index in [4.69, 9.17) is 11.6 Å². The number of nitrogens with zero attached hydrogens (tertiary/aromatic N) is 5. The van der Waals surface area contributed by atoms with Crippen LogP contribution in [0.1, 0.15) is 22.5 Å². The maximum absolute atomic E-state index is 12.7. The topological polar surface area (TPSA) is 54.3 Å². The summed E-state index contributed by atoms with van der Waals surface area (Å²) in [6, 6.07) is 7.97. The van der Waals surface area contributed by atoms with E-state index in [1.54, 1.807) is 17.1 Å². The third kappa shape index (κ3) is 4.98. The molecule has 0 atom stereocenters. The van der Waals surface area contributed by atoms with Crippen molar-refractivity contribution in [1.82, 2.24) is 19.7 Å². The Morgan fingerprint density at radius 3 is 2.72 bits per heavy atom. The van der Waals surface area contributed by atoms with Crippen molar-refractivity contribution < 1.29 is 4.79 Å². The third-order valence-corrected chi connectivity index (χ3v) is 6.09. The molecule has 0 saturated carbocycles. The fourth-order valence-electron chi connectivity index (χ4n) is 3.49. The van der Waals surface area contributed by atoms with Gasteiger partial charge in [-0.2, -0.15) is 5.10 Å². The Morgan fingerprint density at radius 2 is 2.03 bits per heavy atom. The van der Waals surface area contributed by atoms with Crippen molar-refractivity contribution >= 4 is 46.8 Å². The Labute approximate surface area is 185 Å². The molecule has 3 heterocycles. The average molecular weight is 452 g/mol. The number of hydrogen-bond donors (Lipinski definition) is 0. The van der Waals surface area contributed by atoms with E-state index in [9.17, 15) is 4.79 Å². The Morgan fingerprint density at radius 1 is 1.24 bits per heavy atom. The summed E-state index contributed by atoms with van der Waals surface area (Å²) in [5.41, 5.74) is 2.70. The van der Waals surface area contributed by atoms with Gasteiger partial charge in [-0.15, -0.1) is 23.7 Å². The Bertz CT molecular complexity index is 952. The Kier molecular flexibility index (Phi) is 7.29. The summed E-state index contributed by atoms with van der Waals surface area (Å²) in [7, 11) is 0. The number of piperazine rings is 1. The standard InChI is InChI=1S/C20H22ClN5OS.ClH/c1-15-18(14-23-26(15)20-22-6-12-28-20)19(27)5-7-24-8-10-25(11-9-24)17-4-2-3-16(21)13-17;/h2-4,6,12-14H,5,7-11H2,1H3;1H. The van der Waals surface area contributed by atoms with Crippen LogP contribution in [0.25, 0.3) is 5.13 Å². The van der Waals surface area contributed by atoms with Gasteiger partial charge in [-0.05, 0) is 25.1 Å². The second-order valence-electron chi connectivity index (χ2n) is 6.85. The highest BCUT2D eigenvalue weighted by Crippen LogP contribution is 2.21. The molecule has 1 aromatic carbocycles. The van der Waals surface area contributed by atoms with Crippen LogP contribution in [0.5, 0.6) is 0 Å². The number of ketones is 1. The van der Waals surface area contributed by atoms with Crippen LogP contribution in [0.4, 0.5) is 5.69 Å². The first-order chi connectivity index (χ1) is 13.6. The summed E-state index contributed by atoms with van der Waals surface area (Å²) >= 11 is 7.61. The molecule has 0 N–H and O–H groups in total. The Hall–Kier alpha value is -1.93. The molecule has 0 spiro atoms. The molecule has 0 bridgehead atoms. The van der Waals surface area contributed by atoms with Crippen LogP contribution in [-0.4, -0.2) is 58.2 Å². The number of anilines is 1. The molecule has 1 fully saturated rings. The number of halogens is 2. The quantitative estimate of drug-likeness (QED) is 0.527. The van der Waals surface area contributed by atoms with Gasteiger partial charge in [-0.1, -0.05) is 17.7 Å². The van der Waals surface area contributed by atoms with Gasteiger partial charge in [-0.3, -0.25) is 9.69 Å². The largest absolute Gasteiger partial charge is 0.369 e. The molecule has 29 heavy (non-hydrogen) atoms. The molecule has 2 aromatic heterocycles. The van der Waals surface area contributed by atoms with Crippen LogP contribution in [-0.2, 0) is 0 Å². The van der Waals surface area contributed by atoms with Crippen LogP contribution >= 0.6 is 35.3 Å². The molecule has 4 rings (SSSR count). The van der Waals surface area contributed by atoms with E-state index in [-0.39, 0.29) is 18.2 Å². The lowest BCUT2D eigenvalue weighted by atomic mass is 10.1. The van der Waals surface area contributed by atoms with Gasteiger partial charge in [-0.25, -0.2) is 9.67 Å². The first-order valence-electron chi connectivity index (χ1n) is 9.32. The van der Waals surface area contributed by atoms with Crippen molar-refractivity contribution in [3.8, 4) is 5.13 Å². The van der Waals surface area contributed by atoms with Crippen LogP contribution in [0.3, 0.4) is 0 Å². The highest BCUT2D eigenvalue weighted by Gasteiger charge is 2.20. The lowest BCUT2D eigenvalue weighted by Crippen LogP contribution is -2.46. The van der Waals surface area contributed by atoms with E-state index in [1.807, 2.05) is 30.5 Å². The monoisotopic (exact) mass is 451 g/mol. The van der Waals surface area contributed by atoms with Crippen LogP contribution < -0.4 is 4.90 Å². The Balaban J connectivity index is 0.00000240. The summed E-state index contributed by atoms with van der Waals surface area (Å²) < 4.78 is 1.74. The van der Waals surface area contributed by atoms with Crippen molar-refractivity contribution in [3.05, 3.63) is 58.3 Å². The van der Waals surface area contributed by atoms with E-state index in [0.717, 1.165) is 54.3 Å². The van der Waals surface area contributed by atoms with Crippen molar-refractivity contribution in [2.45, 2.75) is 13.3 Å². The third-order valence-electron chi connectivity index (χ3n) is 5.11. The van der Waals surface area contributed by atoms with Gasteiger partial charge in [0.1, 0.15) is 0 Å². The number of rotatable bonds is 6. The van der Waals surface area contributed by atoms with Crippen molar-refractivity contribution in [2.24, 2.45) is 0 Å². The maximum atomic E-state index is 12.7. The van der Waals surface area contributed by atoms with Crippen molar-refractivity contribution in [3.63, 3.8) is 0 Å². The normalized spacial score (nSPS) is 14.6. The summed E-state index contributed by atoms with van der Waals surface area (Å²) in [6.07, 6.45) is 3.91. The minimum atomic E-state index is 0. The second kappa shape index (κ2) is 9.71. The smallest absolute Gasteiger partial charge is 0.210 e. The van der Waals surface area contributed by atoms with Gasteiger partial charge >= 0.3 is 0 Å². The molecule has 1 aliphatic rings. The highest BCUT2D eigenvalue weighted by molar-refractivity contribution is 7.12. The molecule has 9 heteroatoms. The molecule has 3 aromatic rings. The average Bonchev–Trinajstić information content (AvgIpc) is 3.36. The summed E-state index contributed by atoms with van der Waals surface area (Å²) in [5.74, 6) is 0.137. The number of carbonyl (C=O) groups is 1. The summed E-state index contributed by atoms with van der Waals surface area (Å²) in [5, 5.41) is 7.79. The fourth-order valence-corrected chi connectivity index (χ4v) is 4.33. The maximum Gasteiger partial charge on any atom is 0.210 e. The number of benzene rings is 1. The molecule has 0 amide bonds. The fraction of sp³-hybridized carbons (Fsp3) is 0.350. The zero-order chi connectivity index (χ0) is 19.5. The van der Waals surface area contributed by atoms with Crippen molar-refractivity contribution in [1.29, 1.82) is 0 Å². The van der Waals surface area contributed by atoms with Gasteiger partial charge in [0.25, 0.3) is 0 Å². The molecular weight excluding hydrogens is 429 g/mol. The number of carbonyl (C=O) groups excluding carboxylic acids is 1. The first-order valence-corrected chi connectivity index (χ1v) is 10.6. The zero-order valence-corrected chi connectivity index (χ0v) is 18.5. The predicted molar refractivity (Wildman–Crippen MR) is 120 cm³/mol. The van der Waals surface area contributed by atoms with E-state index in [1.165, 1.54) is 11.3 Å². The van der Waals surface area contributed by atoms with E-state index < -0.39 is 0 Å². The minimum Gasteiger partial charge on any atom is -0.369 e. The minimum absolute atomic E-state index is 0. The van der Waals surface area contributed by atoms with Crippen molar-refractivity contribution in [2.75, 3.05) is 37.6 Å². The van der Waals surface area contributed by atoms with Crippen LogP contribution in [0, 0.1) is 6.92 Å². The summed E-state index contributed by atoms with van der Waals surface area (Å²) in [6.45, 7) is 6.45. The van der Waals surface area contributed by atoms with Crippen LogP contribution in [0.15, 0.2) is 42.0 Å². The molecule has 6 nitrogen and oxygen atoms in total. The number of Topliss-reactive ketones (excluding diaryl/α,β-unsaturated/α-hetero) is 1. The zero-order valence-electron chi connectivity index (χ0n) is 16.1. The van der Waals surface area contributed by atoms with Gasteiger partial charge in [0.05, 0.1) is 17.5 Å². The van der Waals surface area contributed by atoms with E-state index in [0.29, 0.717) is 12.0 Å². The molecule has 154 valence electrons. The second-order valence-corrected chi connectivity index (χ2v) is 8.16. The van der Waals surface area contributed by atoms with E-state index >= 15 is 0 Å². The van der Waals surface area contributed by atoms with E-state index in [2.05, 4.69) is 25.9 Å². The highest BCUT2D eigenvalue weighted by atomic mass is 35.5. The first kappa shape index (κ1) is 21.8. The molecule has 0 aliphatic carbocycles. The number of thiazole rings is 1. The SMILES string of the molecule is Cc1c(C(=O)CCN2CCN(c3cccc(Cl)c3)CC2)cnn1-c1nccs1.Cl. The van der Waals surface area contributed by atoms with Gasteiger partial charge in [0.2, 0.25) is 5.13 Å².